The number of hydrogen-bond acceptors (Lipinski definition) is 2. The molecular formula is C17H23NO. The molecule has 1 atom stereocenters. The smallest absolute Gasteiger partial charge is 0.134 e. The average Bonchev–Trinajstić information content (AvgIpc) is 3.15. The van der Waals surface area contributed by atoms with Gasteiger partial charge in [0, 0.05) is 11.9 Å². The Kier molecular flexibility index (Phi) is 3.14. The van der Waals surface area contributed by atoms with Gasteiger partial charge in [0.05, 0.1) is 6.04 Å². The molecule has 2 heteroatoms. The van der Waals surface area contributed by atoms with E-state index in [-0.39, 0.29) is 6.04 Å². The van der Waals surface area contributed by atoms with Crippen LogP contribution in [0.1, 0.15) is 50.5 Å². The number of benzene rings is 1. The van der Waals surface area contributed by atoms with E-state index in [0.29, 0.717) is 5.41 Å². The van der Waals surface area contributed by atoms with Gasteiger partial charge in [-0.15, -0.1) is 0 Å². The molecule has 1 fully saturated rings. The number of furan rings is 1. The zero-order valence-electron chi connectivity index (χ0n) is 12.1. The molecule has 2 aromatic rings. The Balaban J connectivity index is 1.77. The summed E-state index contributed by atoms with van der Waals surface area (Å²) in [6.45, 7) is 7.77. The van der Waals surface area contributed by atoms with Gasteiger partial charge in [-0.05, 0) is 50.2 Å². The first-order valence-corrected chi connectivity index (χ1v) is 7.37. The van der Waals surface area contributed by atoms with Crippen molar-refractivity contribution in [3.8, 4) is 0 Å². The Morgan fingerprint density at radius 1 is 1.32 bits per heavy atom. The topological polar surface area (TPSA) is 25.2 Å². The average molecular weight is 257 g/mol. The molecule has 0 radical (unpaired) electrons. The second-order valence-electron chi connectivity index (χ2n) is 6.04. The van der Waals surface area contributed by atoms with Gasteiger partial charge in [-0.3, -0.25) is 0 Å². The van der Waals surface area contributed by atoms with Gasteiger partial charge in [0.15, 0.2) is 0 Å². The van der Waals surface area contributed by atoms with Crippen molar-refractivity contribution in [3.05, 3.63) is 35.6 Å². The van der Waals surface area contributed by atoms with Gasteiger partial charge in [-0.25, -0.2) is 0 Å². The number of rotatable bonds is 5. The van der Waals surface area contributed by atoms with Crippen LogP contribution < -0.4 is 5.32 Å². The molecule has 102 valence electrons. The summed E-state index contributed by atoms with van der Waals surface area (Å²) < 4.78 is 6.02. The molecule has 0 saturated heterocycles. The lowest BCUT2D eigenvalue weighted by Gasteiger charge is -2.18. The molecule has 1 saturated carbocycles. The van der Waals surface area contributed by atoms with Crippen LogP contribution in [0.2, 0.25) is 0 Å². The van der Waals surface area contributed by atoms with Crippen LogP contribution in [0.4, 0.5) is 0 Å². The molecule has 1 heterocycles. The predicted molar refractivity (Wildman–Crippen MR) is 79.3 cm³/mol. The highest BCUT2D eigenvalue weighted by Crippen LogP contribution is 2.48. The first-order chi connectivity index (χ1) is 9.15. The molecule has 1 unspecified atom stereocenters. The van der Waals surface area contributed by atoms with Crippen molar-refractivity contribution < 1.29 is 4.42 Å². The van der Waals surface area contributed by atoms with E-state index in [0.717, 1.165) is 17.9 Å². The van der Waals surface area contributed by atoms with E-state index >= 15 is 0 Å². The molecule has 0 bridgehead atoms. The monoisotopic (exact) mass is 257 g/mol. The maximum Gasteiger partial charge on any atom is 0.134 e. The third-order valence-electron chi connectivity index (χ3n) is 4.76. The Morgan fingerprint density at radius 2 is 2.05 bits per heavy atom. The maximum atomic E-state index is 6.02. The minimum Gasteiger partial charge on any atom is -0.459 e. The van der Waals surface area contributed by atoms with Crippen molar-refractivity contribution in [2.75, 3.05) is 6.54 Å². The summed E-state index contributed by atoms with van der Waals surface area (Å²) in [5.74, 6) is 1.09. The van der Waals surface area contributed by atoms with E-state index in [2.05, 4.69) is 38.2 Å². The summed E-state index contributed by atoms with van der Waals surface area (Å²) in [5.41, 5.74) is 2.85. The fourth-order valence-electron chi connectivity index (χ4n) is 2.90. The molecule has 0 spiro atoms. The summed E-state index contributed by atoms with van der Waals surface area (Å²) >= 11 is 0. The molecule has 2 nitrogen and oxygen atoms in total. The summed E-state index contributed by atoms with van der Waals surface area (Å²) in [7, 11) is 0. The van der Waals surface area contributed by atoms with E-state index in [1.165, 1.54) is 30.2 Å². The maximum absolute atomic E-state index is 6.02. The van der Waals surface area contributed by atoms with Crippen molar-refractivity contribution in [3.63, 3.8) is 0 Å². The van der Waals surface area contributed by atoms with E-state index in [4.69, 9.17) is 4.42 Å². The van der Waals surface area contributed by atoms with Crippen LogP contribution in [0.15, 0.2) is 28.7 Å². The van der Waals surface area contributed by atoms with E-state index < -0.39 is 0 Å². The largest absolute Gasteiger partial charge is 0.459 e. The quantitative estimate of drug-likeness (QED) is 0.848. The van der Waals surface area contributed by atoms with Crippen molar-refractivity contribution in [2.24, 2.45) is 5.41 Å². The Hall–Kier alpha value is -1.28. The molecule has 0 aliphatic heterocycles. The minimum atomic E-state index is 0.288. The van der Waals surface area contributed by atoms with Crippen LogP contribution in [-0.4, -0.2) is 6.54 Å². The number of hydrogen-bond donors (Lipinski definition) is 1. The Bertz CT molecular complexity index is 580. The van der Waals surface area contributed by atoms with E-state index in [9.17, 15) is 0 Å². The number of fused-ring (bicyclic) bond motifs is 1. The van der Waals surface area contributed by atoms with E-state index in [1.807, 2.05) is 12.1 Å². The van der Waals surface area contributed by atoms with E-state index in [1.54, 1.807) is 0 Å². The van der Waals surface area contributed by atoms with Gasteiger partial charge in [0.25, 0.3) is 0 Å². The first-order valence-electron chi connectivity index (χ1n) is 7.37. The molecule has 19 heavy (non-hydrogen) atoms. The highest BCUT2D eigenvalue weighted by molar-refractivity contribution is 5.82. The lowest BCUT2D eigenvalue weighted by atomic mass is 10.0. The third kappa shape index (κ3) is 2.30. The van der Waals surface area contributed by atoms with Crippen LogP contribution in [0.5, 0.6) is 0 Å². The van der Waals surface area contributed by atoms with Gasteiger partial charge < -0.3 is 9.73 Å². The normalized spacial score (nSPS) is 18.7. The zero-order chi connectivity index (χ0) is 13.5. The number of aryl methyl sites for hydroxylation is 1. The molecule has 1 aliphatic rings. The van der Waals surface area contributed by atoms with Gasteiger partial charge in [0.1, 0.15) is 11.3 Å². The lowest BCUT2D eigenvalue weighted by molar-refractivity contribution is 0.382. The SMILES string of the molecule is CCC1(CNC(C)c2oc3ccccc3c2C)CC1. The number of nitrogens with one attached hydrogen (secondary N) is 1. The highest BCUT2D eigenvalue weighted by Gasteiger charge is 2.40. The molecule has 1 aliphatic carbocycles. The summed E-state index contributed by atoms with van der Waals surface area (Å²) in [4.78, 5) is 0. The predicted octanol–water partition coefficient (Wildman–Crippen LogP) is 4.58. The number of para-hydroxylation sites is 1. The fourth-order valence-corrected chi connectivity index (χ4v) is 2.90. The summed E-state index contributed by atoms with van der Waals surface area (Å²) in [6, 6.07) is 8.58. The van der Waals surface area contributed by atoms with Crippen LogP contribution in [0.25, 0.3) is 11.0 Å². The Morgan fingerprint density at radius 3 is 2.68 bits per heavy atom. The molecule has 1 aromatic heterocycles. The summed E-state index contributed by atoms with van der Waals surface area (Å²) in [6.07, 6.45) is 4.04. The van der Waals surface area contributed by atoms with Crippen LogP contribution in [0, 0.1) is 12.3 Å². The van der Waals surface area contributed by atoms with Crippen molar-refractivity contribution >= 4 is 11.0 Å². The fraction of sp³-hybridized carbons (Fsp3) is 0.529. The second-order valence-corrected chi connectivity index (χ2v) is 6.04. The molecule has 0 amide bonds. The van der Waals surface area contributed by atoms with Crippen LogP contribution >= 0.6 is 0 Å². The summed E-state index contributed by atoms with van der Waals surface area (Å²) in [5, 5.41) is 4.90. The Labute approximate surface area is 115 Å². The van der Waals surface area contributed by atoms with Gasteiger partial charge >= 0.3 is 0 Å². The van der Waals surface area contributed by atoms with Gasteiger partial charge in [-0.2, -0.15) is 0 Å². The minimum absolute atomic E-state index is 0.288. The molecule has 1 aromatic carbocycles. The molecule has 3 rings (SSSR count). The standard InChI is InChI=1S/C17H23NO/c1-4-17(9-10-17)11-18-13(3)16-12(2)14-7-5-6-8-15(14)19-16/h5-8,13,18H,4,9-11H2,1-3H3. The van der Waals surface area contributed by atoms with Gasteiger partial charge in [-0.1, -0.05) is 25.1 Å². The highest BCUT2D eigenvalue weighted by atomic mass is 16.3. The van der Waals surface area contributed by atoms with Crippen molar-refractivity contribution in [1.82, 2.24) is 5.32 Å². The third-order valence-corrected chi connectivity index (χ3v) is 4.76. The van der Waals surface area contributed by atoms with Crippen LogP contribution in [-0.2, 0) is 0 Å². The molecular weight excluding hydrogens is 234 g/mol. The van der Waals surface area contributed by atoms with Crippen LogP contribution in [0.3, 0.4) is 0 Å². The van der Waals surface area contributed by atoms with Gasteiger partial charge in [0.2, 0.25) is 0 Å². The second kappa shape index (κ2) is 4.68. The first kappa shape index (κ1) is 12.7. The zero-order valence-corrected chi connectivity index (χ0v) is 12.1. The van der Waals surface area contributed by atoms with Crippen molar-refractivity contribution in [2.45, 2.75) is 46.1 Å². The van der Waals surface area contributed by atoms with Crippen molar-refractivity contribution in [1.29, 1.82) is 0 Å². The molecule has 1 N–H and O–H groups in total. The lowest BCUT2D eigenvalue weighted by Crippen LogP contribution is -2.26.